The molecule has 0 unspecified atom stereocenters. The van der Waals surface area contributed by atoms with E-state index in [1.807, 2.05) is 22.7 Å². The van der Waals surface area contributed by atoms with Crippen LogP contribution >= 0.6 is 15.9 Å². The summed E-state index contributed by atoms with van der Waals surface area (Å²) in [6.07, 6.45) is 3.61. The number of carbonyl (C=O) groups excluding carboxylic acids is 1. The Morgan fingerprint density at radius 2 is 2.38 bits per heavy atom. The van der Waals surface area contributed by atoms with E-state index in [9.17, 15) is 4.79 Å². The number of hydrogen-bond donors (Lipinski definition) is 1. The fraction of sp³-hybridized carbons (Fsp3) is 0.200. The van der Waals surface area contributed by atoms with E-state index < -0.39 is 0 Å². The average Bonchev–Trinajstić information content (AvgIpc) is 2.59. The maximum absolute atomic E-state index is 11.3. The number of fused-ring (bicyclic) bond motifs is 1. The van der Waals surface area contributed by atoms with Gasteiger partial charge in [0.1, 0.15) is 12.3 Å². The molecular formula is C10H10BrN3O2. The van der Waals surface area contributed by atoms with Crippen molar-refractivity contribution in [3.63, 3.8) is 0 Å². The smallest absolute Gasteiger partial charge is 0.251 e. The molecule has 6 heteroatoms. The minimum atomic E-state index is -0.218. The lowest BCUT2D eigenvalue weighted by atomic mass is 10.5. The Balaban J connectivity index is 2.23. The highest BCUT2D eigenvalue weighted by molar-refractivity contribution is 9.10. The highest BCUT2D eigenvalue weighted by Crippen LogP contribution is 2.14. The third kappa shape index (κ3) is 2.40. The first-order valence-electron chi connectivity index (χ1n) is 4.62. The molecule has 0 saturated heterocycles. The third-order valence-corrected chi connectivity index (χ3v) is 2.43. The standard InChI is InChI=1S/C10H10BrN3O2/c1-16-6-10(15)13-8-5-14-4-7(11)2-3-9(14)12-8/h2-5H,6H2,1H3,(H,13,15). The molecule has 0 saturated carbocycles. The van der Waals surface area contributed by atoms with Gasteiger partial charge in [-0.05, 0) is 28.1 Å². The Bertz CT molecular complexity index is 524. The number of carbonyl (C=O) groups is 1. The van der Waals surface area contributed by atoms with Crippen molar-refractivity contribution < 1.29 is 9.53 Å². The first-order valence-corrected chi connectivity index (χ1v) is 5.41. The number of halogens is 1. The van der Waals surface area contributed by atoms with Gasteiger partial charge in [-0.25, -0.2) is 4.98 Å². The van der Waals surface area contributed by atoms with Gasteiger partial charge in [0.15, 0.2) is 5.82 Å². The number of anilines is 1. The van der Waals surface area contributed by atoms with Gasteiger partial charge in [0.2, 0.25) is 0 Å². The minimum absolute atomic E-state index is 0.0254. The van der Waals surface area contributed by atoms with Gasteiger partial charge < -0.3 is 14.5 Å². The minimum Gasteiger partial charge on any atom is -0.375 e. The van der Waals surface area contributed by atoms with E-state index in [0.29, 0.717) is 5.82 Å². The molecule has 1 N–H and O–H groups in total. The van der Waals surface area contributed by atoms with Crippen LogP contribution in [0.3, 0.4) is 0 Å². The molecule has 0 bridgehead atoms. The molecule has 0 aliphatic rings. The van der Waals surface area contributed by atoms with E-state index >= 15 is 0 Å². The van der Waals surface area contributed by atoms with Crippen LogP contribution in [0.25, 0.3) is 5.65 Å². The topological polar surface area (TPSA) is 55.6 Å². The first kappa shape index (κ1) is 11.1. The lowest BCUT2D eigenvalue weighted by molar-refractivity contribution is -0.119. The summed E-state index contributed by atoms with van der Waals surface area (Å²) >= 11 is 3.36. The largest absolute Gasteiger partial charge is 0.375 e. The Hall–Kier alpha value is -1.40. The number of methoxy groups -OCH3 is 1. The lowest BCUT2D eigenvalue weighted by Crippen LogP contribution is -2.17. The van der Waals surface area contributed by atoms with Crippen molar-refractivity contribution in [2.75, 3.05) is 19.0 Å². The van der Waals surface area contributed by atoms with Crippen LogP contribution < -0.4 is 5.32 Å². The summed E-state index contributed by atoms with van der Waals surface area (Å²) in [5.41, 5.74) is 0.774. The monoisotopic (exact) mass is 283 g/mol. The zero-order chi connectivity index (χ0) is 11.5. The highest BCUT2D eigenvalue weighted by atomic mass is 79.9. The Labute approximate surface area is 101 Å². The predicted octanol–water partition coefficient (Wildman–Crippen LogP) is 1.68. The molecule has 0 fully saturated rings. The van der Waals surface area contributed by atoms with Crippen LogP contribution in [0, 0.1) is 0 Å². The Morgan fingerprint density at radius 1 is 1.56 bits per heavy atom. The third-order valence-electron chi connectivity index (χ3n) is 1.96. The maximum atomic E-state index is 11.3. The Morgan fingerprint density at radius 3 is 3.12 bits per heavy atom. The van der Waals surface area contributed by atoms with E-state index in [2.05, 4.69) is 26.2 Å². The quantitative estimate of drug-likeness (QED) is 0.933. The fourth-order valence-electron chi connectivity index (χ4n) is 1.33. The van der Waals surface area contributed by atoms with Crippen molar-refractivity contribution >= 4 is 33.3 Å². The first-order chi connectivity index (χ1) is 7.69. The summed E-state index contributed by atoms with van der Waals surface area (Å²) < 4.78 is 7.49. The molecule has 84 valence electrons. The summed E-state index contributed by atoms with van der Waals surface area (Å²) in [5.74, 6) is 0.296. The number of nitrogens with zero attached hydrogens (tertiary/aromatic N) is 2. The van der Waals surface area contributed by atoms with Gasteiger partial charge in [0.25, 0.3) is 5.91 Å². The van der Waals surface area contributed by atoms with E-state index in [4.69, 9.17) is 4.74 Å². The van der Waals surface area contributed by atoms with Gasteiger partial charge in [-0.15, -0.1) is 0 Å². The molecule has 0 atom stereocenters. The molecule has 16 heavy (non-hydrogen) atoms. The summed E-state index contributed by atoms with van der Waals surface area (Å²) in [6.45, 7) is 0.0254. The van der Waals surface area contributed by atoms with Gasteiger partial charge in [0.05, 0.1) is 6.20 Å². The van der Waals surface area contributed by atoms with Gasteiger partial charge in [0, 0.05) is 17.8 Å². The Kier molecular flexibility index (Phi) is 3.21. The van der Waals surface area contributed by atoms with E-state index in [1.165, 1.54) is 7.11 Å². The van der Waals surface area contributed by atoms with Crippen LogP contribution in [-0.4, -0.2) is 29.0 Å². The normalized spacial score (nSPS) is 10.6. The molecule has 2 aromatic rings. The van der Waals surface area contributed by atoms with Crippen LogP contribution in [-0.2, 0) is 9.53 Å². The number of imidazole rings is 1. The van der Waals surface area contributed by atoms with Crippen LogP contribution in [0.5, 0.6) is 0 Å². The van der Waals surface area contributed by atoms with Crippen molar-refractivity contribution in [1.29, 1.82) is 0 Å². The molecule has 5 nitrogen and oxygen atoms in total. The van der Waals surface area contributed by atoms with Gasteiger partial charge >= 0.3 is 0 Å². The van der Waals surface area contributed by atoms with Crippen molar-refractivity contribution in [1.82, 2.24) is 9.38 Å². The summed E-state index contributed by atoms with van der Waals surface area (Å²) in [5, 5.41) is 2.64. The molecule has 2 rings (SSSR count). The van der Waals surface area contributed by atoms with E-state index in [0.717, 1.165) is 10.1 Å². The number of nitrogens with one attached hydrogen (secondary N) is 1. The molecule has 0 aromatic carbocycles. The molecular weight excluding hydrogens is 274 g/mol. The average molecular weight is 284 g/mol. The summed E-state index contributed by atoms with van der Waals surface area (Å²) in [6, 6.07) is 3.75. The van der Waals surface area contributed by atoms with Crippen molar-refractivity contribution in [2.24, 2.45) is 0 Å². The number of aromatic nitrogens is 2. The fourth-order valence-corrected chi connectivity index (χ4v) is 1.69. The van der Waals surface area contributed by atoms with Crippen LogP contribution in [0.1, 0.15) is 0 Å². The van der Waals surface area contributed by atoms with Crippen LogP contribution in [0.15, 0.2) is 29.0 Å². The second kappa shape index (κ2) is 4.63. The molecule has 2 heterocycles. The van der Waals surface area contributed by atoms with Crippen molar-refractivity contribution in [2.45, 2.75) is 0 Å². The SMILES string of the molecule is COCC(=O)Nc1cn2cc(Br)ccc2n1. The molecule has 1 amide bonds. The molecule has 2 aromatic heterocycles. The molecule has 0 radical (unpaired) electrons. The van der Waals surface area contributed by atoms with E-state index in [-0.39, 0.29) is 12.5 Å². The van der Waals surface area contributed by atoms with Gasteiger partial charge in [-0.1, -0.05) is 0 Å². The van der Waals surface area contributed by atoms with Crippen LogP contribution in [0.4, 0.5) is 5.82 Å². The number of rotatable bonds is 3. The van der Waals surface area contributed by atoms with Crippen LogP contribution in [0.2, 0.25) is 0 Å². The maximum Gasteiger partial charge on any atom is 0.251 e. The number of hydrogen-bond acceptors (Lipinski definition) is 3. The van der Waals surface area contributed by atoms with Crippen molar-refractivity contribution in [3.8, 4) is 0 Å². The zero-order valence-electron chi connectivity index (χ0n) is 8.61. The zero-order valence-corrected chi connectivity index (χ0v) is 10.2. The second-order valence-electron chi connectivity index (χ2n) is 3.22. The molecule has 0 aliphatic carbocycles. The van der Waals surface area contributed by atoms with Crippen molar-refractivity contribution in [3.05, 3.63) is 29.0 Å². The van der Waals surface area contributed by atoms with Gasteiger partial charge in [-0.3, -0.25) is 4.79 Å². The lowest BCUT2D eigenvalue weighted by Gasteiger charge is -1.98. The number of pyridine rings is 1. The summed E-state index contributed by atoms with van der Waals surface area (Å²) in [4.78, 5) is 15.5. The number of ether oxygens (including phenoxy) is 1. The number of amides is 1. The molecule has 0 aliphatic heterocycles. The highest BCUT2D eigenvalue weighted by Gasteiger charge is 2.05. The summed E-state index contributed by atoms with van der Waals surface area (Å²) in [7, 11) is 1.47. The van der Waals surface area contributed by atoms with Gasteiger partial charge in [-0.2, -0.15) is 0 Å². The predicted molar refractivity (Wildman–Crippen MR) is 63.4 cm³/mol. The molecule has 0 spiro atoms. The van der Waals surface area contributed by atoms with E-state index in [1.54, 1.807) is 6.20 Å². The second-order valence-corrected chi connectivity index (χ2v) is 4.14.